The highest BCUT2D eigenvalue weighted by atomic mass is 35.5. The van der Waals surface area contributed by atoms with Gasteiger partial charge in [0.2, 0.25) is 5.90 Å². The van der Waals surface area contributed by atoms with Crippen molar-refractivity contribution in [2.24, 2.45) is 4.99 Å². The smallest absolute Gasteiger partial charge is 0.363 e. The lowest BCUT2D eigenvalue weighted by Gasteiger charge is -1.99. The summed E-state index contributed by atoms with van der Waals surface area (Å²) >= 11 is 12.1. The van der Waals surface area contributed by atoms with Crippen LogP contribution in [-0.2, 0) is 9.53 Å². The van der Waals surface area contributed by atoms with E-state index in [9.17, 15) is 4.79 Å². The summed E-state index contributed by atoms with van der Waals surface area (Å²) in [6, 6.07) is 13.1. The predicted octanol–water partition coefficient (Wildman–Crippen LogP) is 5.31. The Morgan fingerprint density at radius 2 is 1.79 bits per heavy atom. The first-order valence-electron chi connectivity index (χ1n) is 7.24. The van der Waals surface area contributed by atoms with E-state index in [-0.39, 0.29) is 11.6 Å². The van der Waals surface area contributed by atoms with Crippen LogP contribution in [0.1, 0.15) is 16.7 Å². The number of aliphatic imine (C=N–C) groups is 1. The van der Waals surface area contributed by atoms with Crippen LogP contribution in [0.4, 0.5) is 0 Å². The van der Waals surface area contributed by atoms with Gasteiger partial charge in [-0.3, -0.25) is 0 Å². The molecule has 120 valence electrons. The number of carbonyl (C=O) groups excluding carboxylic acids is 1. The third-order valence-corrected chi connectivity index (χ3v) is 4.24. The monoisotopic (exact) mass is 357 g/mol. The summed E-state index contributed by atoms with van der Waals surface area (Å²) in [5.41, 5.74) is 3.02. The number of carbonyl (C=O) groups is 1. The van der Waals surface area contributed by atoms with Crippen molar-refractivity contribution in [2.45, 2.75) is 6.92 Å². The van der Waals surface area contributed by atoms with E-state index >= 15 is 0 Å². The van der Waals surface area contributed by atoms with Gasteiger partial charge in [0.1, 0.15) is 0 Å². The number of nitrogens with zero attached hydrogens (tertiary/aromatic N) is 1. The molecule has 0 bridgehead atoms. The number of cyclic esters (lactones) is 1. The van der Waals surface area contributed by atoms with E-state index in [0.717, 1.165) is 16.7 Å². The third kappa shape index (κ3) is 3.75. The second-order valence-corrected chi connectivity index (χ2v) is 6.04. The Balaban J connectivity index is 1.82. The van der Waals surface area contributed by atoms with Crippen molar-refractivity contribution in [3.05, 3.63) is 81.0 Å². The molecule has 3 nitrogen and oxygen atoms in total. The fraction of sp³-hybridized carbons (Fsp3) is 0.0526. The van der Waals surface area contributed by atoms with Gasteiger partial charge in [0.25, 0.3) is 0 Å². The minimum Gasteiger partial charge on any atom is -0.403 e. The zero-order chi connectivity index (χ0) is 17.1. The van der Waals surface area contributed by atoms with Crippen LogP contribution < -0.4 is 0 Å². The number of benzene rings is 2. The molecule has 0 unspecified atom stereocenters. The highest BCUT2D eigenvalue weighted by Crippen LogP contribution is 2.26. The van der Waals surface area contributed by atoms with Crippen LogP contribution in [0, 0.1) is 6.92 Å². The fourth-order valence-electron chi connectivity index (χ4n) is 2.13. The molecule has 0 aliphatic carbocycles. The van der Waals surface area contributed by atoms with Crippen molar-refractivity contribution in [1.29, 1.82) is 0 Å². The molecule has 0 saturated heterocycles. The number of ether oxygens (including phenoxy) is 1. The van der Waals surface area contributed by atoms with Gasteiger partial charge in [0.05, 0.1) is 10.0 Å². The molecule has 24 heavy (non-hydrogen) atoms. The van der Waals surface area contributed by atoms with Crippen LogP contribution in [0.3, 0.4) is 0 Å². The lowest BCUT2D eigenvalue weighted by atomic mass is 10.1. The number of halogens is 2. The SMILES string of the molecule is Cc1ccc(/C=C2N=C(/C=C/c3cccc(Cl)c3Cl)OC\2=O)cc1. The molecular weight excluding hydrogens is 345 g/mol. The molecule has 0 spiro atoms. The molecule has 2 aromatic rings. The number of aryl methyl sites for hydroxylation is 1. The molecular formula is C19H13Cl2NO2. The van der Waals surface area contributed by atoms with Gasteiger partial charge in [-0.25, -0.2) is 9.79 Å². The third-order valence-electron chi connectivity index (χ3n) is 3.40. The van der Waals surface area contributed by atoms with Crippen molar-refractivity contribution in [2.75, 3.05) is 0 Å². The average Bonchev–Trinajstić information content (AvgIpc) is 2.91. The Morgan fingerprint density at radius 3 is 2.54 bits per heavy atom. The Hall–Kier alpha value is -2.36. The van der Waals surface area contributed by atoms with E-state index in [1.165, 1.54) is 0 Å². The molecule has 0 N–H and O–H groups in total. The van der Waals surface area contributed by atoms with Crippen molar-refractivity contribution in [3.8, 4) is 0 Å². The van der Waals surface area contributed by atoms with Crippen LogP contribution in [0.5, 0.6) is 0 Å². The van der Waals surface area contributed by atoms with Crippen molar-refractivity contribution < 1.29 is 9.53 Å². The summed E-state index contributed by atoms with van der Waals surface area (Å²) in [6.45, 7) is 2.00. The largest absolute Gasteiger partial charge is 0.403 e. The number of rotatable bonds is 3. The lowest BCUT2D eigenvalue weighted by Crippen LogP contribution is -2.01. The quantitative estimate of drug-likeness (QED) is 0.551. The van der Waals surface area contributed by atoms with Gasteiger partial charge in [-0.05, 0) is 36.3 Å². The zero-order valence-electron chi connectivity index (χ0n) is 12.8. The Morgan fingerprint density at radius 1 is 1.04 bits per heavy atom. The highest BCUT2D eigenvalue weighted by molar-refractivity contribution is 6.42. The fourth-order valence-corrected chi connectivity index (χ4v) is 2.50. The Kier molecular flexibility index (Phi) is 4.84. The lowest BCUT2D eigenvalue weighted by molar-refractivity contribution is -0.129. The molecule has 0 amide bonds. The van der Waals surface area contributed by atoms with E-state index in [4.69, 9.17) is 27.9 Å². The minimum absolute atomic E-state index is 0.217. The zero-order valence-corrected chi connectivity index (χ0v) is 14.3. The van der Waals surface area contributed by atoms with Crippen LogP contribution in [0.2, 0.25) is 10.0 Å². The van der Waals surface area contributed by atoms with E-state index in [1.807, 2.05) is 37.3 Å². The van der Waals surface area contributed by atoms with Crippen molar-refractivity contribution in [3.63, 3.8) is 0 Å². The number of esters is 1. The van der Waals surface area contributed by atoms with Crippen molar-refractivity contribution in [1.82, 2.24) is 0 Å². The maximum Gasteiger partial charge on any atom is 0.363 e. The van der Waals surface area contributed by atoms with E-state index in [2.05, 4.69) is 4.99 Å². The maximum absolute atomic E-state index is 11.9. The van der Waals surface area contributed by atoms with Gasteiger partial charge in [-0.2, -0.15) is 0 Å². The molecule has 1 aliphatic rings. The van der Waals surface area contributed by atoms with Gasteiger partial charge in [-0.15, -0.1) is 0 Å². The summed E-state index contributed by atoms with van der Waals surface area (Å²) in [5, 5.41) is 0.903. The van der Waals surface area contributed by atoms with Gasteiger partial charge < -0.3 is 4.74 Å². The molecule has 0 fully saturated rings. The van der Waals surface area contributed by atoms with Crippen LogP contribution in [0.25, 0.3) is 12.2 Å². The minimum atomic E-state index is -0.479. The summed E-state index contributed by atoms with van der Waals surface area (Å²) in [5.74, 6) is -0.262. The average molecular weight is 358 g/mol. The summed E-state index contributed by atoms with van der Waals surface area (Å²) in [6.07, 6.45) is 4.98. The van der Waals surface area contributed by atoms with Crippen molar-refractivity contribution >= 4 is 47.2 Å². The number of hydrogen-bond acceptors (Lipinski definition) is 3. The molecule has 3 rings (SSSR count). The van der Waals surface area contributed by atoms with Gasteiger partial charge in [-0.1, -0.05) is 65.2 Å². The predicted molar refractivity (Wildman–Crippen MR) is 98.2 cm³/mol. The first-order valence-corrected chi connectivity index (χ1v) is 8.00. The topological polar surface area (TPSA) is 38.7 Å². The normalized spacial score (nSPS) is 15.9. The number of hydrogen-bond donors (Lipinski definition) is 0. The van der Waals surface area contributed by atoms with Gasteiger partial charge >= 0.3 is 5.97 Å². The van der Waals surface area contributed by atoms with Crippen LogP contribution in [-0.4, -0.2) is 11.9 Å². The Labute approximate surface area is 149 Å². The first kappa shape index (κ1) is 16.5. The maximum atomic E-state index is 11.9. The Bertz CT molecular complexity index is 881. The van der Waals surface area contributed by atoms with Crippen LogP contribution >= 0.6 is 23.2 Å². The first-order chi connectivity index (χ1) is 11.5. The molecule has 1 aliphatic heterocycles. The van der Waals surface area contributed by atoms with E-state index in [0.29, 0.717) is 10.0 Å². The molecule has 2 aromatic carbocycles. The molecule has 0 atom stereocenters. The van der Waals surface area contributed by atoms with Crippen LogP contribution in [0.15, 0.2) is 59.2 Å². The summed E-state index contributed by atoms with van der Waals surface area (Å²) in [4.78, 5) is 16.1. The highest BCUT2D eigenvalue weighted by Gasteiger charge is 2.21. The van der Waals surface area contributed by atoms with Gasteiger partial charge in [0, 0.05) is 6.08 Å². The molecule has 5 heteroatoms. The molecule has 0 aromatic heterocycles. The summed E-state index contributed by atoms with van der Waals surface area (Å²) < 4.78 is 5.14. The van der Waals surface area contributed by atoms with E-state index in [1.54, 1.807) is 30.4 Å². The summed E-state index contributed by atoms with van der Waals surface area (Å²) in [7, 11) is 0. The molecule has 1 heterocycles. The second-order valence-electron chi connectivity index (χ2n) is 5.26. The second kappa shape index (κ2) is 7.04. The van der Waals surface area contributed by atoms with E-state index < -0.39 is 5.97 Å². The molecule has 0 saturated carbocycles. The van der Waals surface area contributed by atoms with Gasteiger partial charge in [0.15, 0.2) is 5.70 Å². The molecule has 0 radical (unpaired) electrons. The standard InChI is InChI=1S/C19H13Cl2NO2/c1-12-5-7-13(8-6-12)11-16-19(23)24-17(22-16)10-9-14-3-2-4-15(20)18(14)21/h2-11H,1H3/b10-9+,16-11-.